The van der Waals surface area contributed by atoms with E-state index in [-0.39, 0.29) is 0 Å². The van der Waals surface area contributed by atoms with Crippen LogP contribution >= 0.6 is 23.2 Å². The van der Waals surface area contributed by atoms with E-state index in [0.717, 1.165) is 5.56 Å². The minimum atomic E-state index is 0.494. The minimum Gasteiger partial charge on any atom is -0.399 e. The second kappa shape index (κ2) is 5.71. The lowest BCUT2D eigenvalue weighted by molar-refractivity contribution is 0.653. The molecule has 0 amide bonds. The van der Waals surface area contributed by atoms with Crippen molar-refractivity contribution in [1.82, 2.24) is 20.2 Å². The topological polar surface area (TPSA) is 69.6 Å². The van der Waals surface area contributed by atoms with Crippen LogP contribution in [0.1, 0.15) is 5.56 Å². The number of hydrogen-bond acceptors (Lipinski definition) is 4. The van der Waals surface area contributed by atoms with Crippen molar-refractivity contribution in [3.63, 3.8) is 0 Å². The molecule has 0 radical (unpaired) electrons. The van der Waals surface area contributed by atoms with Gasteiger partial charge in [-0.3, -0.25) is 0 Å². The summed E-state index contributed by atoms with van der Waals surface area (Å²) < 4.78 is 1.66. The minimum absolute atomic E-state index is 0.494. The van der Waals surface area contributed by atoms with Crippen LogP contribution < -0.4 is 5.73 Å². The third kappa shape index (κ3) is 2.99. The molecule has 0 fully saturated rings. The maximum Gasteiger partial charge on any atom is 0.183 e. The lowest BCUT2D eigenvalue weighted by atomic mass is 10.2. The summed E-state index contributed by atoms with van der Waals surface area (Å²) in [5, 5.41) is 13.0. The standard InChI is InChI=1S/C14H11Cl2N5/c15-10-3-1-2-9(6-10)8-21-14(18-19-20-21)12-7-11(17)4-5-13(12)16/h1-7H,8,17H2. The van der Waals surface area contributed by atoms with Crippen molar-refractivity contribution in [3.8, 4) is 11.4 Å². The van der Waals surface area contributed by atoms with Gasteiger partial charge in [0.05, 0.1) is 11.6 Å². The van der Waals surface area contributed by atoms with E-state index in [2.05, 4.69) is 15.5 Å². The fourth-order valence-electron chi connectivity index (χ4n) is 2.03. The fraction of sp³-hybridized carbons (Fsp3) is 0.0714. The highest BCUT2D eigenvalue weighted by molar-refractivity contribution is 6.33. The van der Waals surface area contributed by atoms with Crippen LogP contribution in [0, 0.1) is 0 Å². The van der Waals surface area contributed by atoms with E-state index in [1.54, 1.807) is 22.9 Å². The van der Waals surface area contributed by atoms with Gasteiger partial charge in [-0.25, -0.2) is 4.68 Å². The Labute approximate surface area is 131 Å². The van der Waals surface area contributed by atoms with E-state index in [9.17, 15) is 0 Å². The van der Waals surface area contributed by atoms with Crippen molar-refractivity contribution in [2.24, 2.45) is 0 Å². The van der Waals surface area contributed by atoms with E-state index >= 15 is 0 Å². The summed E-state index contributed by atoms with van der Waals surface area (Å²) in [5.41, 5.74) is 8.10. The highest BCUT2D eigenvalue weighted by Crippen LogP contribution is 2.28. The van der Waals surface area contributed by atoms with Gasteiger partial charge >= 0.3 is 0 Å². The number of hydrogen-bond donors (Lipinski definition) is 1. The van der Waals surface area contributed by atoms with Gasteiger partial charge in [-0.15, -0.1) is 5.10 Å². The third-order valence-corrected chi connectivity index (χ3v) is 3.55. The average molecular weight is 320 g/mol. The van der Waals surface area contributed by atoms with Crippen LogP contribution in [0.3, 0.4) is 0 Å². The molecular weight excluding hydrogens is 309 g/mol. The number of rotatable bonds is 3. The molecule has 106 valence electrons. The molecule has 7 heteroatoms. The first-order chi connectivity index (χ1) is 10.1. The molecule has 2 N–H and O–H groups in total. The summed E-state index contributed by atoms with van der Waals surface area (Å²) in [4.78, 5) is 0. The molecule has 3 aromatic rings. The van der Waals surface area contributed by atoms with E-state index in [1.165, 1.54) is 0 Å². The van der Waals surface area contributed by atoms with Crippen molar-refractivity contribution in [1.29, 1.82) is 0 Å². The quantitative estimate of drug-likeness (QED) is 0.752. The van der Waals surface area contributed by atoms with Crippen molar-refractivity contribution < 1.29 is 0 Å². The molecule has 21 heavy (non-hydrogen) atoms. The Hall–Kier alpha value is -2.11. The van der Waals surface area contributed by atoms with Gasteiger partial charge in [0.25, 0.3) is 0 Å². The smallest absolute Gasteiger partial charge is 0.183 e. The number of aromatic nitrogens is 4. The third-order valence-electron chi connectivity index (χ3n) is 2.98. The second-order valence-corrected chi connectivity index (χ2v) is 5.37. The molecule has 0 aliphatic heterocycles. The molecule has 0 saturated heterocycles. The zero-order valence-electron chi connectivity index (χ0n) is 10.9. The first-order valence-electron chi connectivity index (χ1n) is 6.19. The molecule has 5 nitrogen and oxygen atoms in total. The number of halogens is 2. The van der Waals surface area contributed by atoms with Crippen LogP contribution in [0.2, 0.25) is 10.0 Å². The van der Waals surface area contributed by atoms with Gasteiger partial charge in [-0.05, 0) is 46.3 Å². The molecule has 0 aliphatic carbocycles. The van der Waals surface area contributed by atoms with Crippen LogP contribution in [0.4, 0.5) is 5.69 Å². The Balaban J connectivity index is 1.99. The second-order valence-electron chi connectivity index (χ2n) is 4.53. The molecule has 0 atom stereocenters. The van der Waals surface area contributed by atoms with Crippen LogP contribution in [0.5, 0.6) is 0 Å². The largest absolute Gasteiger partial charge is 0.399 e. The molecule has 2 aromatic carbocycles. The first-order valence-corrected chi connectivity index (χ1v) is 6.95. The van der Waals surface area contributed by atoms with Gasteiger partial charge < -0.3 is 5.73 Å². The predicted octanol–water partition coefficient (Wildman–Crippen LogP) is 3.28. The molecule has 3 rings (SSSR count). The van der Waals surface area contributed by atoms with Crippen molar-refractivity contribution >= 4 is 28.9 Å². The predicted molar refractivity (Wildman–Crippen MR) is 83.2 cm³/mol. The van der Waals surface area contributed by atoms with Crippen LogP contribution in [-0.4, -0.2) is 20.2 Å². The van der Waals surface area contributed by atoms with Crippen LogP contribution in [0.15, 0.2) is 42.5 Å². The summed E-state index contributed by atoms with van der Waals surface area (Å²) in [5.74, 6) is 0.562. The monoisotopic (exact) mass is 319 g/mol. The molecule has 0 aliphatic rings. The van der Waals surface area contributed by atoms with Gasteiger partial charge in [-0.2, -0.15) is 0 Å². The molecule has 1 heterocycles. The van der Waals surface area contributed by atoms with Crippen molar-refractivity contribution in [3.05, 3.63) is 58.1 Å². The number of nitrogens with zero attached hydrogens (tertiary/aromatic N) is 4. The summed E-state index contributed by atoms with van der Waals surface area (Å²) in [7, 11) is 0. The van der Waals surface area contributed by atoms with E-state index < -0.39 is 0 Å². The first kappa shape index (κ1) is 13.9. The number of anilines is 1. The molecule has 0 spiro atoms. The maximum absolute atomic E-state index is 6.20. The summed E-state index contributed by atoms with van der Waals surface area (Å²) in [6.07, 6.45) is 0. The Morgan fingerprint density at radius 1 is 1.10 bits per heavy atom. The SMILES string of the molecule is Nc1ccc(Cl)c(-c2nnnn2Cc2cccc(Cl)c2)c1. The van der Waals surface area contributed by atoms with E-state index in [0.29, 0.717) is 33.7 Å². The number of nitrogen functional groups attached to an aromatic ring is 1. The highest BCUT2D eigenvalue weighted by atomic mass is 35.5. The molecule has 0 unspecified atom stereocenters. The zero-order chi connectivity index (χ0) is 14.8. The number of benzene rings is 2. The molecule has 0 bridgehead atoms. The normalized spacial score (nSPS) is 10.8. The zero-order valence-corrected chi connectivity index (χ0v) is 12.4. The Morgan fingerprint density at radius 3 is 2.76 bits per heavy atom. The molecule has 1 aromatic heterocycles. The number of tetrazole rings is 1. The molecular formula is C14H11Cl2N5. The highest BCUT2D eigenvalue weighted by Gasteiger charge is 2.13. The van der Waals surface area contributed by atoms with Crippen LogP contribution in [-0.2, 0) is 6.54 Å². The summed E-state index contributed by atoms with van der Waals surface area (Å²) in [6, 6.07) is 12.7. The van der Waals surface area contributed by atoms with Crippen molar-refractivity contribution in [2.45, 2.75) is 6.54 Å². The lowest BCUT2D eigenvalue weighted by Crippen LogP contribution is -2.05. The average Bonchev–Trinajstić information content (AvgIpc) is 2.89. The van der Waals surface area contributed by atoms with Gasteiger partial charge in [0.1, 0.15) is 0 Å². The van der Waals surface area contributed by atoms with Gasteiger partial charge in [-0.1, -0.05) is 35.3 Å². The Bertz CT molecular complexity index is 785. The summed E-state index contributed by atoms with van der Waals surface area (Å²) >= 11 is 12.2. The lowest BCUT2D eigenvalue weighted by Gasteiger charge is -2.07. The van der Waals surface area contributed by atoms with Crippen LogP contribution in [0.25, 0.3) is 11.4 Å². The van der Waals surface area contributed by atoms with Gasteiger partial charge in [0.2, 0.25) is 0 Å². The maximum atomic E-state index is 6.20. The number of nitrogens with two attached hydrogens (primary N) is 1. The van der Waals surface area contributed by atoms with Gasteiger partial charge in [0, 0.05) is 16.3 Å². The molecule has 0 saturated carbocycles. The summed E-state index contributed by atoms with van der Waals surface area (Å²) in [6.45, 7) is 0.494. The Kier molecular flexibility index (Phi) is 3.77. The van der Waals surface area contributed by atoms with Gasteiger partial charge in [0.15, 0.2) is 5.82 Å². The van der Waals surface area contributed by atoms with E-state index in [1.807, 2.05) is 24.3 Å². The fourth-order valence-corrected chi connectivity index (χ4v) is 2.44. The Morgan fingerprint density at radius 2 is 1.95 bits per heavy atom. The van der Waals surface area contributed by atoms with Crippen molar-refractivity contribution in [2.75, 3.05) is 5.73 Å². The van der Waals surface area contributed by atoms with E-state index in [4.69, 9.17) is 28.9 Å².